The molecular formula is C17H16FNO3. The van der Waals surface area contributed by atoms with Gasteiger partial charge in [-0.15, -0.1) is 0 Å². The molecular weight excluding hydrogens is 285 g/mol. The molecule has 0 radical (unpaired) electrons. The normalized spacial score (nSPS) is 16.3. The lowest BCUT2D eigenvalue weighted by atomic mass is 10.00. The predicted octanol–water partition coefficient (Wildman–Crippen LogP) is 2.70. The molecule has 2 aromatic carbocycles. The molecule has 114 valence electrons. The van der Waals surface area contributed by atoms with Crippen LogP contribution in [0.4, 0.5) is 4.39 Å². The quantitative estimate of drug-likeness (QED) is 0.944. The number of fused-ring (bicyclic) bond motifs is 1. The van der Waals surface area contributed by atoms with Crippen LogP contribution in [-0.2, 0) is 6.42 Å². The monoisotopic (exact) mass is 301 g/mol. The van der Waals surface area contributed by atoms with E-state index >= 15 is 0 Å². The largest absolute Gasteiger partial charge is 0.486 e. The van der Waals surface area contributed by atoms with E-state index in [-0.39, 0.29) is 11.7 Å². The van der Waals surface area contributed by atoms with E-state index in [2.05, 4.69) is 0 Å². The van der Waals surface area contributed by atoms with Crippen LogP contribution in [0.5, 0.6) is 11.5 Å². The van der Waals surface area contributed by atoms with Gasteiger partial charge in [0.05, 0.1) is 5.56 Å². The minimum atomic E-state index is -0.751. The first-order valence-electron chi connectivity index (χ1n) is 7.11. The third kappa shape index (κ3) is 2.88. The van der Waals surface area contributed by atoms with Crippen molar-refractivity contribution < 1.29 is 18.7 Å². The molecule has 0 saturated heterocycles. The summed E-state index contributed by atoms with van der Waals surface area (Å²) in [7, 11) is 0. The van der Waals surface area contributed by atoms with Crippen LogP contribution in [-0.4, -0.2) is 18.6 Å². The molecule has 2 N–H and O–H groups in total. The van der Waals surface area contributed by atoms with Crippen molar-refractivity contribution in [1.82, 2.24) is 0 Å². The summed E-state index contributed by atoms with van der Waals surface area (Å²) in [5, 5.41) is 0. The van der Waals surface area contributed by atoms with E-state index in [9.17, 15) is 9.18 Å². The van der Waals surface area contributed by atoms with Crippen LogP contribution in [0.1, 0.15) is 22.3 Å². The van der Waals surface area contributed by atoms with Crippen molar-refractivity contribution in [2.24, 2.45) is 5.73 Å². The van der Waals surface area contributed by atoms with E-state index < -0.39 is 11.7 Å². The summed E-state index contributed by atoms with van der Waals surface area (Å²) in [5.41, 5.74) is 5.80. The molecule has 0 saturated carbocycles. The number of para-hydroxylation sites is 2. The number of hydrogen-bond acceptors (Lipinski definition) is 3. The Morgan fingerprint density at radius 1 is 1.18 bits per heavy atom. The average Bonchev–Trinajstić information content (AvgIpc) is 2.52. The van der Waals surface area contributed by atoms with Gasteiger partial charge in [-0.3, -0.25) is 4.79 Å². The second-order valence-corrected chi connectivity index (χ2v) is 5.17. The number of carbonyl (C=O) groups is 1. The molecule has 1 aliphatic rings. The van der Waals surface area contributed by atoms with Crippen LogP contribution < -0.4 is 15.2 Å². The van der Waals surface area contributed by atoms with Gasteiger partial charge in [0.25, 0.3) is 5.91 Å². The first kappa shape index (κ1) is 14.4. The lowest BCUT2D eigenvalue weighted by Crippen LogP contribution is -2.29. The number of nitrogens with two attached hydrogens (primary N) is 1. The summed E-state index contributed by atoms with van der Waals surface area (Å²) >= 11 is 0. The number of amides is 1. The van der Waals surface area contributed by atoms with Crippen molar-refractivity contribution in [3.8, 4) is 11.5 Å². The van der Waals surface area contributed by atoms with Crippen molar-refractivity contribution >= 4 is 5.91 Å². The number of aryl methyl sites for hydroxylation is 1. The molecule has 0 fully saturated rings. The number of benzene rings is 2. The standard InChI is InChI=1S/C17H16FNO3/c18-13-5-3-4-11(16(13)17(19)20)8-9-12-10-21-14-6-1-2-7-15(14)22-12/h1-7,12H,8-10H2,(H2,19,20). The minimum Gasteiger partial charge on any atom is -0.486 e. The smallest absolute Gasteiger partial charge is 0.251 e. The third-order valence-electron chi connectivity index (χ3n) is 3.65. The Kier molecular flexibility index (Phi) is 3.96. The highest BCUT2D eigenvalue weighted by atomic mass is 19.1. The molecule has 22 heavy (non-hydrogen) atoms. The Labute approximate surface area is 127 Å². The van der Waals surface area contributed by atoms with Gasteiger partial charge < -0.3 is 15.2 Å². The first-order chi connectivity index (χ1) is 10.6. The molecule has 0 spiro atoms. The number of ether oxygens (including phenoxy) is 2. The van der Waals surface area contributed by atoms with E-state index in [1.165, 1.54) is 6.07 Å². The topological polar surface area (TPSA) is 61.6 Å². The molecule has 0 bridgehead atoms. The minimum absolute atomic E-state index is 0.0420. The lowest BCUT2D eigenvalue weighted by Gasteiger charge is -2.26. The van der Waals surface area contributed by atoms with Crippen molar-refractivity contribution in [1.29, 1.82) is 0 Å². The van der Waals surface area contributed by atoms with Crippen molar-refractivity contribution in [2.45, 2.75) is 18.9 Å². The molecule has 1 aliphatic heterocycles. The maximum absolute atomic E-state index is 13.7. The van der Waals surface area contributed by atoms with Crippen molar-refractivity contribution in [3.05, 3.63) is 59.4 Å². The molecule has 2 aromatic rings. The first-order valence-corrected chi connectivity index (χ1v) is 7.11. The summed E-state index contributed by atoms with van der Waals surface area (Å²) in [6.45, 7) is 0.429. The van der Waals surface area contributed by atoms with Gasteiger partial charge in [0.15, 0.2) is 11.5 Å². The van der Waals surface area contributed by atoms with Gasteiger partial charge >= 0.3 is 0 Å². The lowest BCUT2D eigenvalue weighted by molar-refractivity contribution is 0.0849. The molecule has 0 aromatic heterocycles. The van der Waals surface area contributed by atoms with Crippen LogP contribution in [0.15, 0.2) is 42.5 Å². The second-order valence-electron chi connectivity index (χ2n) is 5.17. The summed E-state index contributed by atoms with van der Waals surface area (Å²) in [4.78, 5) is 11.4. The molecule has 0 aliphatic carbocycles. The van der Waals surface area contributed by atoms with Gasteiger partial charge in [-0.05, 0) is 36.6 Å². The zero-order chi connectivity index (χ0) is 15.5. The number of hydrogen-bond donors (Lipinski definition) is 1. The second kappa shape index (κ2) is 6.05. The van der Waals surface area contributed by atoms with E-state index in [1.54, 1.807) is 12.1 Å². The molecule has 3 rings (SSSR count). The molecule has 1 heterocycles. The van der Waals surface area contributed by atoms with Gasteiger partial charge in [-0.2, -0.15) is 0 Å². The number of halogens is 1. The molecule has 1 amide bonds. The van der Waals surface area contributed by atoms with Crippen LogP contribution >= 0.6 is 0 Å². The van der Waals surface area contributed by atoms with E-state index in [4.69, 9.17) is 15.2 Å². The average molecular weight is 301 g/mol. The Bertz CT molecular complexity index is 702. The fourth-order valence-electron chi connectivity index (χ4n) is 2.57. The highest BCUT2D eigenvalue weighted by Gasteiger charge is 2.21. The van der Waals surface area contributed by atoms with Gasteiger partial charge in [0.2, 0.25) is 0 Å². The fraction of sp³-hybridized carbons (Fsp3) is 0.235. The molecule has 4 nitrogen and oxygen atoms in total. The van der Waals surface area contributed by atoms with Gasteiger partial charge in [-0.1, -0.05) is 24.3 Å². The SMILES string of the molecule is NC(=O)c1c(F)cccc1CCC1COc2ccccc2O1. The number of primary amides is 1. The van der Waals surface area contributed by atoms with Crippen molar-refractivity contribution in [2.75, 3.05) is 6.61 Å². The van der Waals surface area contributed by atoms with E-state index in [0.29, 0.717) is 30.8 Å². The summed E-state index contributed by atoms with van der Waals surface area (Å²) in [5.74, 6) is 0.0888. The Balaban J connectivity index is 1.70. The maximum Gasteiger partial charge on any atom is 0.251 e. The highest BCUT2D eigenvalue weighted by molar-refractivity contribution is 5.94. The van der Waals surface area contributed by atoms with Crippen LogP contribution in [0, 0.1) is 5.82 Å². The van der Waals surface area contributed by atoms with E-state index in [0.717, 1.165) is 5.75 Å². The third-order valence-corrected chi connectivity index (χ3v) is 3.65. The fourth-order valence-corrected chi connectivity index (χ4v) is 2.57. The Morgan fingerprint density at radius 2 is 1.95 bits per heavy atom. The van der Waals surface area contributed by atoms with Crippen LogP contribution in [0.3, 0.4) is 0 Å². The van der Waals surface area contributed by atoms with Crippen LogP contribution in [0.2, 0.25) is 0 Å². The van der Waals surface area contributed by atoms with Crippen LogP contribution in [0.25, 0.3) is 0 Å². The summed E-state index contributed by atoms with van der Waals surface area (Å²) in [6.07, 6.45) is 0.962. The summed E-state index contributed by atoms with van der Waals surface area (Å²) in [6, 6.07) is 12.0. The zero-order valence-electron chi connectivity index (χ0n) is 11.9. The number of rotatable bonds is 4. The maximum atomic E-state index is 13.7. The zero-order valence-corrected chi connectivity index (χ0v) is 11.9. The Hall–Kier alpha value is -2.56. The van der Waals surface area contributed by atoms with Gasteiger partial charge in [0.1, 0.15) is 18.5 Å². The predicted molar refractivity (Wildman–Crippen MR) is 79.6 cm³/mol. The molecule has 5 heteroatoms. The summed E-state index contributed by atoms with van der Waals surface area (Å²) < 4.78 is 25.2. The molecule has 1 unspecified atom stereocenters. The van der Waals surface area contributed by atoms with Gasteiger partial charge in [-0.25, -0.2) is 4.39 Å². The number of carbonyl (C=O) groups excluding carboxylic acids is 1. The van der Waals surface area contributed by atoms with Gasteiger partial charge in [0, 0.05) is 0 Å². The highest BCUT2D eigenvalue weighted by Crippen LogP contribution is 2.32. The Morgan fingerprint density at radius 3 is 2.73 bits per heavy atom. The van der Waals surface area contributed by atoms with Crippen molar-refractivity contribution in [3.63, 3.8) is 0 Å². The molecule has 1 atom stereocenters. The van der Waals surface area contributed by atoms with E-state index in [1.807, 2.05) is 24.3 Å².